The second kappa shape index (κ2) is 15.2. The summed E-state index contributed by atoms with van der Waals surface area (Å²) < 4.78 is 25.1. The molecule has 1 aliphatic heterocycles. The van der Waals surface area contributed by atoms with Gasteiger partial charge in [-0.05, 0) is 48.9 Å². The third kappa shape index (κ3) is 7.87. The highest BCUT2D eigenvalue weighted by Crippen LogP contribution is 2.32. The Hall–Kier alpha value is -4.87. The van der Waals surface area contributed by atoms with E-state index in [0.29, 0.717) is 67.2 Å². The van der Waals surface area contributed by atoms with Crippen molar-refractivity contribution in [3.8, 4) is 28.7 Å². The fraction of sp³-hybridized carbons (Fsp3) is 0.258. The van der Waals surface area contributed by atoms with Crippen molar-refractivity contribution < 1.29 is 34.0 Å². The Morgan fingerprint density at radius 2 is 1.79 bits per heavy atom. The van der Waals surface area contributed by atoms with Gasteiger partial charge in [-0.3, -0.25) is 19.1 Å². The molecule has 4 aromatic rings. The lowest BCUT2D eigenvalue weighted by Crippen LogP contribution is -2.23. The van der Waals surface area contributed by atoms with Gasteiger partial charge in [0.05, 0.1) is 17.9 Å². The van der Waals surface area contributed by atoms with E-state index in [2.05, 4.69) is 10.3 Å². The van der Waals surface area contributed by atoms with Crippen LogP contribution in [-0.2, 0) is 24.6 Å². The fourth-order valence-corrected chi connectivity index (χ4v) is 4.29. The minimum atomic E-state index is -0.250. The van der Waals surface area contributed by atoms with Crippen molar-refractivity contribution in [1.29, 1.82) is 0 Å². The number of nitrogens with zero attached hydrogens (tertiary/aromatic N) is 2. The van der Waals surface area contributed by atoms with Crippen LogP contribution in [0.3, 0.4) is 0 Å². The summed E-state index contributed by atoms with van der Waals surface area (Å²) in [7, 11) is 0. The predicted molar refractivity (Wildman–Crippen MR) is 155 cm³/mol. The SMILES string of the molecule is Cc1cc(CNCCO)c(OCc2cccnc2)cc1OCc1cccn(-c2ccc3c(c2)OCCO3)c1=O.O=CO. The molecular formula is C31H33N3O8. The van der Waals surface area contributed by atoms with Crippen molar-refractivity contribution in [3.63, 3.8) is 0 Å². The summed E-state index contributed by atoms with van der Waals surface area (Å²) in [6.45, 7) is 4.18. The zero-order chi connectivity index (χ0) is 29.7. The first kappa shape index (κ1) is 30.1. The molecule has 2 aromatic carbocycles. The molecule has 5 rings (SSSR count). The number of aliphatic hydroxyl groups excluding tert-OH is 1. The summed E-state index contributed by atoms with van der Waals surface area (Å²) in [5.74, 6) is 2.57. The number of aryl methyl sites for hydroxylation is 1. The average molecular weight is 576 g/mol. The standard InChI is InChI=1S/C30H31N3O6.CH2O2/c1-21-14-24(18-32-9-11-34)28(38-19-22-4-2-8-31-17-22)16-27(21)39-20-23-5-3-10-33(30(23)35)25-6-7-26-29(15-25)37-13-12-36-26;2-1-3/h2-8,10,14-17,32,34H,9,11-13,18-20H2,1H3;1H,(H,2,3). The quantitative estimate of drug-likeness (QED) is 0.180. The molecule has 0 saturated carbocycles. The van der Waals surface area contributed by atoms with E-state index < -0.39 is 0 Å². The lowest BCUT2D eigenvalue weighted by atomic mass is 10.1. The molecule has 1 aliphatic rings. The van der Waals surface area contributed by atoms with Crippen LogP contribution in [0.4, 0.5) is 0 Å². The Morgan fingerprint density at radius 1 is 1.00 bits per heavy atom. The van der Waals surface area contributed by atoms with Crippen LogP contribution in [-0.4, -0.2) is 52.6 Å². The predicted octanol–water partition coefficient (Wildman–Crippen LogP) is 3.25. The fourth-order valence-electron chi connectivity index (χ4n) is 4.29. The van der Waals surface area contributed by atoms with Gasteiger partial charge in [-0.25, -0.2) is 0 Å². The first-order valence-electron chi connectivity index (χ1n) is 13.3. The van der Waals surface area contributed by atoms with Crippen LogP contribution >= 0.6 is 0 Å². The van der Waals surface area contributed by atoms with E-state index in [1.54, 1.807) is 35.3 Å². The number of carboxylic acid groups (broad SMARTS) is 1. The Kier molecular flexibility index (Phi) is 10.9. The first-order valence-corrected chi connectivity index (χ1v) is 13.3. The molecule has 2 aromatic heterocycles. The van der Waals surface area contributed by atoms with E-state index in [-0.39, 0.29) is 25.2 Å². The minimum Gasteiger partial charge on any atom is -0.488 e. The number of fused-ring (bicyclic) bond motifs is 1. The third-order valence-corrected chi connectivity index (χ3v) is 6.29. The Labute approximate surface area is 242 Å². The molecule has 11 heteroatoms. The Balaban J connectivity index is 0.00000129. The van der Waals surface area contributed by atoms with Crippen LogP contribution in [0.5, 0.6) is 23.0 Å². The molecule has 0 spiro atoms. The summed E-state index contributed by atoms with van der Waals surface area (Å²) in [4.78, 5) is 25.8. The van der Waals surface area contributed by atoms with E-state index >= 15 is 0 Å². The van der Waals surface area contributed by atoms with Crippen molar-refractivity contribution in [2.75, 3.05) is 26.4 Å². The van der Waals surface area contributed by atoms with Gasteiger partial charge in [0.15, 0.2) is 11.5 Å². The summed E-state index contributed by atoms with van der Waals surface area (Å²) in [5.41, 5.74) is 3.82. The number of ether oxygens (including phenoxy) is 4. The van der Waals surface area contributed by atoms with Crippen molar-refractivity contribution in [2.24, 2.45) is 0 Å². The molecule has 3 N–H and O–H groups in total. The molecular weight excluding hydrogens is 542 g/mol. The van der Waals surface area contributed by atoms with Gasteiger partial charge >= 0.3 is 0 Å². The van der Waals surface area contributed by atoms with E-state index in [1.807, 2.05) is 49.4 Å². The molecule has 0 bridgehead atoms. The van der Waals surface area contributed by atoms with Crippen LogP contribution in [0.25, 0.3) is 5.69 Å². The zero-order valence-corrected chi connectivity index (χ0v) is 23.2. The number of hydrogen-bond donors (Lipinski definition) is 3. The number of benzene rings is 2. The number of carbonyl (C=O) groups is 1. The zero-order valence-electron chi connectivity index (χ0n) is 23.2. The third-order valence-electron chi connectivity index (χ3n) is 6.29. The molecule has 0 radical (unpaired) electrons. The van der Waals surface area contributed by atoms with E-state index in [0.717, 1.165) is 16.7 Å². The van der Waals surface area contributed by atoms with Crippen LogP contribution in [0.15, 0.2) is 78.0 Å². The maximum atomic E-state index is 13.3. The molecule has 0 amide bonds. The van der Waals surface area contributed by atoms with Crippen LogP contribution < -0.4 is 29.8 Å². The normalized spacial score (nSPS) is 11.7. The Bertz CT molecular complexity index is 1520. The number of aromatic nitrogens is 2. The monoisotopic (exact) mass is 575 g/mol. The molecule has 11 nitrogen and oxygen atoms in total. The van der Waals surface area contributed by atoms with Crippen molar-refractivity contribution in [1.82, 2.24) is 14.9 Å². The van der Waals surface area contributed by atoms with Crippen LogP contribution in [0.2, 0.25) is 0 Å². The van der Waals surface area contributed by atoms with Crippen LogP contribution in [0.1, 0.15) is 22.3 Å². The number of rotatable bonds is 11. The molecule has 220 valence electrons. The van der Waals surface area contributed by atoms with Gasteiger partial charge < -0.3 is 34.5 Å². The van der Waals surface area contributed by atoms with Crippen molar-refractivity contribution >= 4 is 6.47 Å². The molecule has 42 heavy (non-hydrogen) atoms. The Morgan fingerprint density at radius 3 is 2.55 bits per heavy atom. The second-order valence-corrected chi connectivity index (χ2v) is 9.21. The van der Waals surface area contributed by atoms with Gasteiger partial charge in [-0.1, -0.05) is 6.07 Å². The van der Waals surface area contributed by atoms with Gasteiger partial charge in [0.2, 0.25) is 0 Å². The topological polar surface area (TPSA) is 141 Å². The maximum absolute atomic E-state index is 13.3. The first-order chi connectivity index (χ1) is 20.5. The summed E-state index contributed by atoms with van der Waals surface area (Å²) in [6, 6.07) is 16.7. The highest BCUT2D eigenvalue weighted by atomic mass is 16.6. The number of pyridine rings is 2. The summed E-state index contributed by atoms with van der Waals surface area (Å²) >= 11 is 0. The number of hydrogen-bond acceptors (Lipinski definition) is 9. The van der Waals surface area contributed by atoms with Gasteiger partial charge in [0, 0.05) is 54.9 Å². The summed E-state index contributed by atoms with van der Waals surface area (Å²) in [5, 5.41) is 19.2. The van der Waals surface area contributed by atoms with Gasteiger partial charge in [0.25, 0.3) is 12.0 Å². The molecule has 0 fully saturated rings. The molecule has 0 aliphatic carbocycles. The van der Waals surface area contributed by atoms with Gasteiger partial charge in [0.1, 0.15) is 37.9 Å². The van der Waals surface area contributed by atoms with Gasteiger partial charge in [-0.2, -0.15) is 0 Å². The summed E-state index contributed by atoms with van der Waals surface area (Å²) in [6.07, 6.45) is 5.20. The lowest BCUT2D eigenvalue weighted by molar-refractivity contribution is -0.122. The largest absolute Gasteiger partial charge is 0.488 e. The van der Waals surface area contributed by atoms with Crippen LogP contribution in [0, 0.1) is 6.92 Å². The number of nitrogens with one attached hydrogen (secondary N) is 1. The highest BCUT2D eigenvalue weighted by molar-refractivity contribution is 5.50. The molecule has 0 saturated heterocycles. The van der Waals surface area contributed by atoms with E-state index in [9.17, 15) is 4.79 Å². The van der Waals surface area contributed by atoms with E-state index in [4.69, 9.17) is 34.0 Å². The van der Waals surface area contributed by atoms with Crippen molar-refractivity contribution in [3.05, 3.63) is 106 Å². The molecule has 0 unspecified atom stereocenters. The van der Waals surface area contributed by atoms with E-state index in [1.165, 1.54) is 0 Å². The van der Waals surface area contributed by atoms with Gasteiger partial charge in [-0.15, -0.1) is 0 Å². The van der Waals surface area contributed by atoms with Crippen molar-refractivity contribution in [2.45, 2.75) is 26.7 Å². The maximum Gasteiger partial charge on any atom is 0.290 e. The smallest absolute Gasteiger partial charge is 0.290 e. The highest BCUT2D eigenvalue weighted by Gasteiger charge is 2.15. The average Bonchev–Trinajstić information content (AvgIpc) is 3.01. The molecule has 0 atom stereocenters. The lowest BCUT2D eigenvalue weighted by Gasteiger charge is -2.19. The number of aliphatic hydroxyl groups is 1. The minimum absolute atomic E-state index is 0.0485. The molecule has 3 heterocycles. The second-order valence-electron chi connectivity index (χ2n) is 9.21.